The van der Waals surface area contributed by atoms with Gasteiger partial charge in [0, 0.05) is 18.3 Å². The molecule has 2 heterocycles. The average molecular weight is 363 g/mol. The second-order valence-electron chi connectivity index (χ2n) is 8.87. The maximum absolute atomic E-state index is 3.92. The minimum Gasteiger partial charge on any atom is -0.391 e. The van der Waals surface area contributed by atoms with E-state index in [2.05, 4.69) is 85.4 Å². The van der Waals surface area contributed by atoms with Crippen LogP contribution < -0.4 is 10.6 Å². The van der Waals surface area contributed by atoms with Crippen LogP contribution in [0.5, 0.6) is 0 Å². The van der Waals surface area contributed by atoms with E-state index in [9.17, 15) is 0 Å². The van der Waals surface area contributed by atoms with Crippen molar-refractivity contribution in [3.8, 4) is 0 Å². The Balaban J connectivity index is 1.43. The molecule has 4 aliphatic rings. The van der Waals surface area contributed by atoms with Crippen LogP contribution in [0.2, 0.25) is 0 Å². The summed E-state index contributed by atoms with van der Waals surface area (Å²) in [5.41, 5.74) is 2.75. The van der Waals surface area contributed by atoms with Crippen LogP contribution >= 0.6 is 0 Å². The third-order valence-electron chi connectivity index (χ3n) is 6.76. The minimum absolute atomic E-state index is 0.547. The summed E-state index contributed by atoms with van der Waals surface area (Å²) < 4.78 is 0. The van der Waals surface area contributed by atoms with E-state index in [-0.39, 0.29) is 0 Å². The molecular weight excluding hydrogens is 328 g/mol. The lowest BCUT2D eigenvalue weighted by Crippen LogP contribution is -2.45. The maximum Gasteiger partial charge on any atom is 0.0372 e. The molecule has 27 heavy (non-hydrogen) atoms. The highest BCUT2D eigenvalue weighted by molar-refractivity contribution is 5.42. The number of allylic oxidation sites excluding steroid dienone is 9. The Bertz CT molecular complexity index is 704. The first kappa shape index (κ1) is 18.4. The van der Waals surface area contributed by atoms with Gasteiger partial charge in [-0.25, -0.2) is 0 Å². The molecule has 0 aromatic rings. The molecule has 0 radical (unpaired) electrons. The molecular formula is C25H34N2. The fourth-order valence-corrected chi connectivity index (χ4v) is 5.11. The van der Waals surface area contributed by atoms with Gasteiger partial charge in [0.1, 0.15) is 0 Å². The van der Waals surface area contributed by atoms with Crippen molar-refractivity contribution >= 4 is 0 Å². The Morgan fingerprint density at radius 2 is 1.85 bits per heavy atom. The predicted molar refractivity (Wildman–Crippen MR) is 115 cm³/mol. The molecule has 0 fully saturated rings. The molecule has 4 rings (SSSR count). The van der Waals surface area contributed by atoms with Crippen LogP contribution in [0.3, 0.4) is 0 Å². The number of rotatable bonds is 4. The van der Waals surface area contributed by atoms with Gasteiger partial charge in [0.25, 0.3) is 0 Å². The van der Waals surface area contributed by atoms with Gasteiger partial charge in [-0.3, -0.25) is 0 Å². The lowest BCUT2D eigenvalue weighted by Gasteiger charge is -2.40. The Morgan fingerprint density at radius 3 is 2.52 bits per heavy atom. The Kier molecular flexibility index (Phi) is 5.71. The fraction of sp³-hybridized carbons (Fsp3) is 0.520. The van der Waals surface area contributed by atoms with Gasteiger partial charge >= 0.3 is 0 Å². The van der Waals surface area contributed by atoms with Crippen LogP contribution in [0, 0.1) is 29.6 Å². The van der Waals surface area contributed by atoms with Gasteiger partial charge in [-0.15, -0.1) is 0 Å². The van der Waals surface area contributed by atoms with Gasteiger partial charge in [-0.05, 0) is 67.0 Å². The van der Waals surface area contributed by atoms with Crippen molar-refractivity contribution in [2.24, 2.45) is 29.6 Å². The Labute approximate surface area is 164 Å². The highest BCUT2D eigenvalue weighted by Gasteiger charge is 2.33. The average Bonchev–Trinajstić information content (AvgIpc) is 2.75. The van der Waals surface area contributed by atoms with E-state index in [4.69, 9.17) is 0 Å². The van der Waals surface area contributed by atoms with Gasteiger partial charge in [0.05, 0.1) is 0 Å². The molecule has 5 atom stereocenters. The van der Waals surface area contributed by atoms with E-state index in [1.807, 2.05) is 0 Å². The lowest BCUT2D eigenvalue weighted by molar-refractivity contribution is 0.234. The zero-order chi connectivity index (χ0) is 18.6. The van der Waals surface area contributed by atoms with E-state index >= 15 is 0 Å². The molecule has 0 amide bonds. The molecule has 2 nitrogen and oxygen atoms in total. The van der Waals surface area contributed by atoms with E-state index in [0.29, 0.717) is 29.7 Å². The minimum atomic E-state index is 0.547. The van der Waals surface area contributed by atoms with Crippen molar-refractivity contribution in [3.63, 3.8) is 0 Å². The van der Waals surface area contributed by atoms with Gasteiger partial charge in [0.15, 0.2) is 0 Å². The topological polar surface area (TPSA) is 24.1 Å². The van der Waals surface area contributed by atoms with Crippen molar-refractivity contribution in [2.75, 3.05) is 6.54 Å². The summed E-state index contributed by atoms with van der Waals surface area (Å²) in [7, 11) is 0. The first-order valence-corrected chi connectivity index (χ1v) is 10.8. The van der Waals surface area contributed by atoms with Crippen molar-refractivity contribution in [1.29, 1.82) is 0 Å². The summed E-state index contributed by atoms with van der Waals surface area (Å²) in [5.74, 6) is 3.40. The molecule has 0 aromatic heterocycles. The van der Waals surface area contributed by atoms with Gasteiger partial charge in [-0.1, -0.05) is 68.5 Å². The monoisotopic (exact) mass is 362 g/mol. The summed E-state index contributed by atoms with van der Waals surface area (Å²) in [6.07, 6.45) is 28.0. The van der Waals surface area contributed by atoms with E-state index < -0.39 is 0 Å². The van der Waals surface area contributed by atoms with Crippen LogP contribution in [0.4, 0.5) is 0 Å². The van der Waals surface area contributed by atoms with Crippen molar-refractivity contribution < 1.29 is 0 Å². The van der Waals surface area contributed by atoms with Crippen LogP contribution in [-0.2, 0) is 0 Å². The third-order valence-corrected chi connectivity index (χ3v) is 6.76. The van der Waals surface area contributed by atoms with E-state index in [0.717, 1.165) is 18.9 Å². The van der Waals surface area contributed by atoms with Crippen LogP contribution in [0.25, 0.3) is 0 Å². The lowest BCUT2D eigenvalue weighted by atomic mass is 9.74. The van der Waals surface area contributed by atoms with Crippen LogP contribution in [0.15, 0.2) is 72.2 Å². The number of hydrogen-bond donors (Lipinski definition) is 2. The highest BCUT2D eigenvalue weighted by Crippen LogP contribution is 2.36. The Hall–Kier alpha value is -1.96. The van der Waals surface area contributed by atoms with Gasteiger partial charge < -0.3 is 10.6 Å². The normalized spacial score (nSPS) is 35.4. The molecule has 2 heteroatoms. The zero-order valence-corrected chi connectivity index (χ0v) is 16.8. The predicted octanol–water partition coefficient (Wildman–Crippen LogP) is 5.26. The molecule has 0 saturated carbocycles. The van der Waals surface area contributed by atoms with Crippen molar-refractivity contribution in [2.45, 2.75) is 45.6 Å². The standard InChI is InChI=1S/C25H34N2/c1-18(2)25-23(20-7-4-3-5-8-20)14-15-24(27-25)21-12-10-19(11-13-21)22-9-6-16-26-17-22/h3-7,10,12-13,15-16,18-20,22-23,25-27H,8-9,11,14,17H2,1-2H3. The quantitative estimate of drug-likeness (QED) is 0.712. The summed E-state index contributed by atoms with van der Waals surface area (Å²) >= 11 is 0. The van der Waals surface area contributed by atoms with Crippen molar-refractivity contribution in [3.05, 3.63) is 72.2 Å². The molecule has 144 valence electrons. The van der Waals surface area contributed by atoms with Gasteiger partial charge in [-0.2, -0.15) is 0 Å². The largest absolute Gasteiger partial charge is 0.391 e. The summed E-state index contributed by atoms with van der Waals surface area (Å²) in [6, 6.07) is 0.547. The Morgan fingerprint density at radius 1 is 0.926 bits per heavy atom. The molecule has 0 bridgehead atoms. The smallest absolute Gasteiger partial charge is 0.0372 e. The number of nitrogens with one attached hydrogen (secondary N) is 2. The molecule has 2 aliphatic carbocycles. The molecule has 0 spiro atoms. The molecule has 0 aromatic carbocycles. The second kappa shape index (κ2) is 8.37. The summed E-state index contributed by atoms with van der Waals surface area (Å²) in [4.78, 5) is 0. The summed E-state index contributed by atoms with van der Waals surface area (Å²) in [6.45, 7) is 5.83. The third kappa shape index (κ3) is 4.15. The maximum atomic E-state index is 3.92. The zero-order valence-electron chi connectivity index (χ0n) is 16.8. The molecule has 5 unspecified atom stereocenters. The fourth-order valence-electron chi connectivity index (χ4n) is 5.11. The van der Waals surface area contributed by atoms with E-state index in [1.165, 1.54) is 30.5 Å². The molecule has 2 aliphatic heterocycles. The SMILES string of the molecule is CC(C)C1NC(C2=CCC(C3CC=CNC3)C=C2)=CCC1C1C=CC=CC1. The summed E-state index contributed by atoms with van der Waals surface area (Å²) in [5, 5.41) is 7.32. The van der Waals surface area contributed by atoms with E-state index in [1.54, 1.807) is 0 Å². The van der Waals surface area contributed by atoms with Crippen LogP contribution in [-0.4, -0.2) is 12.6 Å². The molecule has 0 saturated heterocycles. The number of hydrogen-bond acceptors (Lipinski definition) is 2. The van der Waals surface area contributed by atoms with Crippen LogP contribution in [0.1, 0.15) is 39.5 Å². The highest BCUT2D eigenvalue weighted by atomic mass is 15.0. The van der Waals surface area contributed by atoms with Crippen molar-refractivity contribution in [1.82, 2.24) is 10.6 Å². The van der Waals surface area contributed by atoms with Gasteiger partial charge in [0.2, 0.25) is 0 Å². The molecule has 2 N–H and O–H groups in total. The first-order chi connectivity index (χ1) is 13.2. The second-order valence-corrected chi connectivity index (χ2v) is 8.87. The first-order valence-electron chi connectivity index (χ1n) is 10.8.